The maximum Gasteiger partial charge on any atom is 0.231 e. The maximum atomic E-state index is 15.4. The van der Waals surface area contributed by atoms with Crippen molar-refractivity contribution in [2.24, 2.45) is 5.92 Å². The molecular formula is C20H14ClF2N9O. The number of halogens is 3. The van der Waals surface area contributed by atoms with Crippen molar-refractivity contribution in [2.45, 2.75) is 19.1 Å². The number of hydrogen-bond donors (Lipinski definition) is 2. The lowest BCUT2D eigenvalue weighted by Crippen LogP contribution is -2.15. The summed E-state index contributed by atoms with van der Waals surface area (Å²) in [5.74, 6) is -1.32. The van der Waals surface area contributed by atoms with Crippen molar-refractivity contribution >= 4 is 39.9 Å². The van der Waals surface area contributed by atoms with Gasteiger partial charge in [0.15, 0.2) is 5.82 Å². The molecule has 166 valence electrons. The monoisotopic (exact) mass is 469 g/mol. The Morgan fingerprint density at radius 3 is 2.94 bits per heavy atom. The third kappa shape index (κ3) is 3.30. The Bertz CT molecular complexity index is 1530. The molecule has 0 radical (unpaired) electrons. The summed E-state index contributed by atoms with van der Waals surface area (Å²) in [5.41, 5.74) is 2.39. The molecule has 4 aromatic heterocycles. The number of carbonyl (C=O) groups is 1. The molecule has 1 saturated carbocycles. The van der Waals surface area contributed by atoms with E-state index in [1.807, 2.05) is 0 Å². The quantitative estimate of drug-likeness (QED) is 0.408. The van der Waals surface area contributed by atoms with Crippen LogP contribution in [0.15, 0.2) is 37.1 Å². The maximum absolute atomic E-state index is 15.4. The first kappa shape index (κ1) is 19.7. The number of nitrogens with zero attached hydrogens (tertiary/aromatic N) is 7. The molecule has 4 heterocycles. The highest BCUT2D eigenvalue weighted by Gasteiger charge is 2.43. The summed E-state index contributed by atoms with van der Waals surface area (Å²) >= 11 is 6.49. The standard InChI is InChI=1S/C20H14ClF2N9O/c21-17-16(11-4-24-28-19(11)12(18(17)23)6-32-8-25-29-30-32)9-1-2-15-26-14(7-31(15)5-9)27-20(33)10-3-13(10)22/h1-2,4-5,7-8,10,13H,3,6H2,(H,24,28)(H,27,33)/t10-,13+/m1/s1. The van der Waals surface area contributed by atoms with Gasteiger partial charge in [0, 0.05) is 28.3 Å². The molecule has 1 aliphatic carbocycles. The SMILES string of the molecule is O=C(Nc1cn2cc(-c3c(Cl)c(F)c(Cn4cnnn4)c4[nH]ncc34)ccc2n1)[C@@H]1C[C@@H]1F. The van der Waals surface area contributed by atoms with E-state index in [9.17, 15) is 9.18 Å². The van der Waals surface area contributed by atoms with E-state index in [1.54, 1.807) is 35.1 Å². The van der Waals surface area contributed by atoms with Crippen molar-refractivity contribution in [3.8, 4) is 11.1 Å². The summed E-state index contributed by atoms with van der Waals surface area (Å²) in [6, 6.07) is 3.47. The summed E-state index contributed by atoms with van der Waals surface area (Å²) in [6.45, 7) is 0.0713. The Morgan fingerprint density at radius 1 is 1.33 bits per heavy atom. The summed E-state index contributed by atoms with van der Waals surface area (Å²) < 4.78 is 31.6. The molecule has 1 amide bonds. The van der Waals surface area contributed by atoms with Crippen molar-refractivity contribution < 1.29 is 13.6 Å². The Kier molecular flexibility index (Phi) is 4.37. The van der Waals surface area contributed by atoms with Crippen molar-refractivity contribution in [1.29, 1.82) is 0 Å². The van der Waals surface area contributed by atoms with Gasteiger partial charge in [-0.2, -0.15) is 5.10 Å². The van der Waals surface area contributed by atoms with Crippen molar-refractivity contribution in [3.63, 3.8) is 0 Å². The molecule has 1 aliphatic rings. The molecule has 0 bridgehead atoms. The van der Waals surface area contributed by atoms with Crippen LogP contribution in [0.3, 0.4) is 0 Å². The van der Waals surface area contributed by atoms with Crippen LogP contribution in [0, 0.1) is 11.7 Å². The van der Waals surface area contributed by atoms with Gasteiger partial charge in [0.05, 0.1) is 35.4 Å². The second kappa shape index (κ2) is 7.30. The first-order chi connectivity index (χ1) is 16.0. The first-order valence-corrected chi connectivity index (χ1v) is 10.3. The van der Waals surface area contributed by atoms with Crippen LogP contribution in [0.4, 0.5) is 14.6 Å². The number of tetrazole rings is 1. The van der Waals surface area contributed by atoms with E-state index in [-0.39, 0.29) is 23.6 Å². The van der Waals surface area contributed by atoms with Gasteiger partial charge in [0.2, 0.25) is 5.91 Å². The number of imidazole rings is 1. The van der Waals surface area contributed by atoms with E-state index in [4.69, 9.17) is 11.6 Å². The van der Waals surface area contributed by atoms with Gasteiger partial charge in [-0.1, -0.05) is 11.6 Å². The summed E-state index contributed by atoms with van der Waals surface area (Å²) in [4.78, 5) is 16.3. The fourth-order valence-electron chi connectivity index (χ4n) is 3.88. The first-order valence-electron chi connectivity index (χ1n) is 9.97. The lowest BCUT2D eigenvalue weighted by molar-refractivity contribution is -0.117. The van der Waals surface area contributed by atoms with Crippen LogP contribution in [0.2, 0.25) is 5.02 Å². The van der Waals surface area contributed by atoms with E-state index >= 15 is 4.39 Å². The molecule has 13 heteroatoms. The molecule has 10 nitrogen and oxygen atoms in total. The molecule has 0 saturated heterocycles. The van der Waals surface area contributed by atoms with Gasteiger partial charge >= 0.3 is 0 Å². The van der Waals surface area contributed by atoms with Gasteiger partial charge in [-0.15, -0.1) is 5.10 Å². The molecule has 1 fully saturated rings. The van der Waals surface area contributed by atoms with Gasteiger partial charge in [-0.05, 0) is 29.0 Å². The van der Waals surface area contributed by atoms with Gasteiger partial charge in [0.1, 0.15) is 24.0 Å². The van der Waals surface area contributed by atoms with Gasteiger partial charge in [0.25, 0.3) is 0 Å². The van der Waals surface area contributed by atoms with Crippen LogP contribution < -0.4 is 5.32 Å². The number of aromatic nitrogens is 8. The zero-order valence-electron chi connectivity index (χ0n) is 16.7. The zero-order chi connectivity index (χ0) is 22.7. The number of nitrogens with one attached hydrogen (secondary N) is 2. The predicted molar refractivity (Wildman–Crippen MR) is 114 cm³/mol. The van der Waals surface area contributed by atoms with Crippen molar-refractivity contribution in [2.75, 3.05) is 5.32 Å². The van der Waals surface area contributed by atoms with Gasteiger partial charge in [-0.25, -0.2) is 18.4 Å². The largest absolute Gasteiger partial charge is 0.309 e. The van der Waals surface area contributed by atoms with Crippen LogP contribution in [-0.2, 0) is 11.3 Å². The molecule has 6 rings (SSSR count). The molecule has 5 aromatic rings. The smallest absolute Gasteiger partial charge is 0.231 e. The number of hydrogen-bond acceptors (Lipinski definition) is 6. The second-order valence-electron chi connectivity index (χ2n) is 7.80. The van der Waals surface area contributed by atoms with E-state index in [2.05, 4.69) is 36.0 Å². The minimum Gasteiger partial charge on any atom is -0.309 e. The summed E-state index contributed by atoms with van der Waals surface area (Å²) in [5, 5.41) is 21.0. The third-order valence-corrected chi connectivity index (χ3v) is 5.99. The molecule has 1 aromatic carbocycles. The Hall–Kier alpha value is -3.93. The Balaban J connectivity index is 1.41. The lowest BCUT2D eigenvalue weighted by atomic mass is 9.99. The third-order valence-electron chi connectivity index (χ3n) is 5.64. The van der Waals surface area contributed by atoms with Crippen LogP contribution in [0.25, 0.3) is 27.7 Å². The summed E-state index contributed by atoms with van der Waals surface area (Å²) in [7, 11) is 0. The minimum atomic E-state index is -1.09. The predicted octanol–water partition coefficient (Wildman–Crippen LogP) is 3.00. The fourth-order valence-corrected chi connectivity index (χ4v) is 4.20. The zero-order valence-corrected chi connectivity index (χ0v) is 17.5. The number of pyridine rings is 1. The molecule has 0 aliphatic heterocycles. The minimum absolute atomic E-state index is 0.0670. The molecule has 2 atom stereocenters. The number of fused-ring (bicyclic) bond motifs is 2. The normalized spacial score (nSPS) is 17.7. The average Bonchev–Trinajstić information content (AvgIpc) is 3.22. The number of carbonyl (C=O) groups excluding carboxylic acids is 1. The highest BCUT2D eigenvalue weighted by molar-refractivity contribution is 6.35. The topological polar surface area (TPSA) is 119 Å². The van der Waals surface area contributed by atoms with Crippen LogP contribution in [0.5, 0.6) is 0 Å². The van der Waals surface area contributed by atoms with Gasteiger partial charge < -0.3 is 9.72 Å². The second-order valence-corrected chi connectivity index (χ2v) is 8.18. The summed E-state index contributed by atoms with van der Waals surface area (Å²) in [6.07, 6.45) is 5.43. The van der Waals surface area contributed by atoms with Crippen LogP contribution in [-0.4, -0.2) is 51.9 Å². The van der Waals surface area contributed by atoms with Crippen LogP contribution in [0.1, 0.15) is 12.0 Å². The number of rotatable bonds is 5. The van der Waals surface area contributed by atoms with Crippen molar-refractivity contribution in [3.05, 3.63) is 53.5 Å². The van der Waals surface area contributed by atoms with Crippen molar-refractivity contribution in [1.82, 2.24) is 39.8 Å². The number of alkyl halides is 1. The van der Waals surface area contributed by atoms with E-state index < -0.39 is 23.8 Å². The van der Waals surface area contributed by atoms with E-state index in [0.717, 1.165) is 0 Å². The number of aromatic amines is 1. The van der Waals surface area contributed by atoms with Crippen LogP contribution >= 0.6 is 11.6 Å². The molecule has 2 N–H and O–H groups in total. The molecular weight excluding hydrogens is 456 g/mol. The molecule has 0 unspecified atom stereocenters. The Labute approximate surface area is 188 Å². The molecule has 33 heavy (non-hydrogen) atoms. The highest BCUT2D eigenvalue weighted by atomic mass is 35.5. The Morgan fingerprint density at radius 2 is 2.18 bits per heavy atom. The molecule has 0 spiro atoms. The number of benzene rings is 1. The number of amides is 1. The fraction of sp³-hybridized carbons (Fsp3) is 0.200. The lowest BCUT2D eigenvalue weighted by Gasteiger charge is -2.12. The average molecular weight is 470 g/mol. The number of H-pyrrole nitrogens is 1. The number of anilines is 1. The highest BCUT2D eigenvalue weighted by Crippen LogP contribution is 2.39. The van der Waals surface area contributed by atoms with E-state index in [0.29, 0.717) is 33.5 Å². The van der Waals surface area contributed by atoms with E-state index in [1.165, 1.54) is 11.0 Å². The van der Waals surface area contributed by atoms with Gasteiger partial charge in [-0.3, -0.25) is 9.89 Å².